The molecule has 1 aliphatic rings. The highest BCUT2D eigenvalue weighted by molar-refractivity contribution is 6.31. The number of rotatable bonds is 5. The standard InChI is InChI=1S/C20H23ClO7/c1-27-20(19(26)18(25)17(24)16(10-22)28-20)13-4-7-15(21)12(9-13)8-11-2-5-14(23)6-3-11/h2-7,9,16-19,22-26H,8,10H2,1H3/t16-,17-,18?,19-,20?/m1/s1. The van der Waals surface area contributed by atoms with Crippen LogP contribution in [0, 0.1) is 0 Å². The van der Waals surface area contributed by atoms with E-state index in [0.717, 1.165) is 5.56 Å². The third kappa shape index (κ3) is 3.75. The van der Waals surface area contributed by atoms with Gasteiger partial charge in [0.1, 0.15) is 30.2 Å². The van der Waals surface area contributed by atoms with Gasteiger partial charge < -0.3 is 35.0 Å². The molecular formula is C20H23ClO7. The number of aromatic hydroxyl groups is 1. The molecule has 5 atom stereocenters. The molecule has 1 fully saturated rings. The van der Waals surface area contributed by atoms with E-state index >= 15 is 0 Å². The molecule has 2 unspecified atom stereocenters. The molecule has 1 heterocycles. The van der Waals surface area contributed by atoms with Gasteiger partial charge in [-0.3, -0.25) is 0 Å². The van der Waals surface area contributed by atoms with Crippen molar-refractivity contribution in [2.75, 3.05) is 13.7 Å². The van der Waals surface area contributed by atoms with E-state index in [1.54, 1.807) is 42.5 Å². The van der Waals surface area contributed by atoms with Gasteiger partial charge in [0.25, 0.3) is 0 Å². The van der Waals surface area contributed by atoms with Crippen molar-refractivity contribution in [1.82, 2.24) is 0 Å². The molecule has 0 spiro atoms. The fourth-order valence-corrected chi connectivity index (χ4v) is 3.61. The second-order valence-corrected chi connectivity index (χ2v) is 7.19. The van der Waals surface area contributed by atoms with Gasteiger partial charge in [-0.05, 0) is 41.8 Å². The van der Waals surface area contributed by atoms with E-state index in [9.17, 15) is 25.5 Å². The fraction of sp³-hybridized carbons (Fsp3) is 0.400. The van der Waals surface area contributed by atoms with Crippen molar-refractivity contribution < 1.29 is 35.0 Å². The van der Waals surface area contributed by atoms with Gasteiger partial charge in [-0.25, -0.2) is 0 Å². The summed E-state index contributed by atoms with van der Waals surface area (Å²) in [6, 6.07) is 11.6. The van der Waals surface area contributed by atoms with Crippen LogP contribution in [0.1, 0.15) is 16.7 Å². The molecule has 5 N–H and O–H groups in total. The first-order valence-electron chi connectivity index (χ1n) is 8.77. The number of aliphatic hydroxyl groups excluding tert-OH is 4. The maximum atomic E-state index is 10.6. The summed E-state index contributed by atoms with van der Waals surface area (Å²) in [4.78, 5) is 0. The Labute approximate surface area is 167 Å². The minimum atomic E-state index is -1.79. The Balaban J connectivity index is 2.00. The number of halogens is 1. The largest absolute Gasteiger partial charge is 0.508 e. The minimum absolute atomic E-state index is 0.156. The summed E-state index contributed by atoms with van der Waals surface area (Å²) in [6.07, 6.45) is -5.35. The first-order chi connectivity index (χ1) is 13.3. The van der Waals surface area contributed by atoms with Crippen molar-refractivity contribution in [3.05, 3.63) is 64.2 Å². The smallest absolute Gasteiger partial charge is 0.224 e. The topological polar surface area (TPSA) is 120 Å². The Morgan fingerprint density at radius 3 is 2.36 bits per heavy atom. The molecule has 0 bridgehead atoms. The molecule has 1 aliphatic heterocycles. The van der Waals surface area contributed by atoms with Crippen LogP contribution in [0.25, 0.3) is 0 Å². The third-order valence-electron chi connectivity index (χ3n) is 5.03. The summed E-state index contributed by atoms with van der Waals surface area (Å²) in [5.74, 6) is -1.64. The second-order valence-electron chi connectivity index (χ2n) is 6.79. The Hall–Kier alpha value is -1.71. The zero-order chi connectivity index (χ0) is 20.5. The monoisotopic (exact) mass is 410 g/mol. The van der Waals surface area contributed by atoms with Crippen LogP contribution in [0.2, 0.25) is 5.02 Å². The quantitative estimate of drug-likeness (QED) is 0.497. The Morgan fingerprint density at radius 1 is 1.07 bits per heavy atom. The highest BCUT2D eigenvalue weighted by Crippen LogP contribution is 2.40. The SMILES string of the molecule is COC1(c2ccc(Cl)c(Cc3ccc(O)cc3)c2)O[C@H](CO)[C@@H](O)C(O)[C@H]1O. The van der Waals surface area contributed by atoms with Gasteiger partial charge in [0.15, 0.2) is 0 Å². The van der Waals surface area contributed by atoms with Gasteiger partial charge in [-0.1, -0.05) is 29.8 Å². The first kappa shape index (κ1) is 21.0. The van der Waals surface area contributed by atoms with Crippen LogP contribution in [-0.2, 0) is 21.7 Å². The lowest BCUT2D eigenvalue weighted by atomic mass is 9.87. The molecule has 0 amide bonds. The molecule has 1 saturated heterocycles. The van der Waals surface area contributed by atoms with E-state index in [1.807, 2.05) is 0 Å². The number of benzene rings is 2. The van der Waals surface area contributed by atoms with Gasteiger partial charge in [0.05, 0.1) is 6.61 Å². The van der Waals surface area contributed by atoms with Crippen LogP contribution >= 0.6 is 11.6 Å². The summed E-state index contributed by atoms with van der Waals surface area (Å²) >= 11 is 6.33. The summed E-state index contributed by atoms with van der Waals surface area (Å²) < 4.78 is 11.2. The number of methoxy groups -OCH3 is 1. The van der Waals surface area contributed by atoms with Crippen LogP contribution in [0.5, 0.6) is 5.75 Å². The van der Waals surface area contributed by atoms with E-state index < -0.39 is 36.8 Å². The van der Waals surface area contributed by atoms with Crippen LogP contribution in [-0.4, -0.2) is 63.7 Å². The normalized spacial score (nSPS) is 30.4. The highest BCUT2D eigenvalue weighted by atomic mass is 35.5. The molecule has 7 nitrogen and oxygen atoms in total. The lowest BCUT2D eigenvalue weighted by Crippen LogP contribution is -2.64. The highest BCUT2D eigenvalue weighted by Gasteiger charge is 2.55. The average molecular weight is 411 g/mol. The van der Waals surface area contributed by atoms with Gasteiger partial charge in [-0.15, -0.1) is 0 Å². The van der Waals surface area contributed by atoms with Crippen LogP contribution in [0.3, 0.4) is 0 Å². The molecule has 0 aliphatic carbocycles. The van der Waals surface area contributed by atoms with Gasteiger partial charge in [0, 0.05) is 17.7 Å². The average Bonchev–Trinajstić information content (AvgIpc) is 2.70. The maximum Gasteiger partial charge on any atom is 0.224 e. The molecule has 0 radical (unpaired) electrons. The van der Waals surface area contributed by atoms with Crippen LogP contribution < -0.4 is 0 Å². The summed E-state index contributed by atoms with van der Waals surface area (Å²) in [5, 5.41) is 50.2. The number of ether oxygens (including phenoxy) is 2. The Morgan fingerprint density at radius 2 is 1.75 bits per heavy atom. The van der Waals surface area contributed by atoms with Gasteiger partial charge >= 0.3 is 0 Å². The van der Waals surface area contributed by atoms with Gasteiger partial charge in [-0.2, -0.15) is 0 Å². The number of hydrogen-bond donors (Lipinski definition) is 5. The number of aliphatic hydroxyl groups is 4. The van der Waals surface area contributed by atoms with E-state index in [4.69, 9.17) is 21.1 Å². The minimum Gasteiger partial charge on any atom is -0.508 e. The Kier molecular flexibility index (Phi) is 6.26. The summed E-state index contributed by atoms with van der Waals surface area (Å²) in [5.41, 5.74) is 1.99. The van der Waals surface area contributed by atoms with Crippen molar-refractivity contribution in [2.24, 2.45) is 0 Å². The van der Waals surface area contributed by atoms with Crippen molar-refractivity contribution in [3.63, 3.8) is 0 Å². The fourth-order valence-electron chi connectivity index (χ4n) is 3.43. The van der Waals surface area contributed by atoms with Gasteiger partial charge in [0.2, 0.25) is 5.79 Å². The van der Waals surface area contributed by atoms with Crippen molar-refractivity contribution >= 4 is 11.6 Å². The van der Waals surface area contributed by atoms with Crippen molar-refractivity contribution in [2.45, 2.75) is 36.6 Å². The predicted octanol–water partition coefficient (Wildman–Crippen LogP) is 0.909. The first-order valence-corrected chi connectivity index (χ1v) is 9.15. The zero-order valence-corrected chi connectivity index (χ0v) is 16.0. The maximum absolute atomic E-state index is 10.6. The van der Waals surface area contributed by atoms with E-state index in [1.165, 1.54) is 7.11 Å². The van der Waals surface area contributed by atoms with Crippen LogP contribution in [0.15, 0.2) is 42.5 Å². The molecule has 3 rings (SSSR count). The lowest BCUT2D eigenvalue weighted by molar-refractivity contribution is -0.366. The molecule has 152 valence electrons. The Bertz CT molecular complexity index is 811. The second kappa shape index (κ2) is 8.34. The molecule has 8 heteroatoms. The molecular weight excluding hydrogens is 388 g/mol. The van der Waals surface area contributed by atoms with Crippen molar-refractivity contribution in [3.8, 4) is 5.75 Å². The molecule has 0 aromatic heterocycles. The number of phenols is 1. The van der Waals surface area contributed by atoms with Crippen molar-refractivity contribution in [1.29, 1.82) is 0 Å². The van der Waals surface area contributed by atoms with E-state index in [2.05, 4.69) is 0 Å². The molecule has 2 aromatic rings. The van der Waals surface area contributed by atoms with Crippen LogP contribution in [0.4, 0.5) is 0 Å². The summed E-state index contributed by atoms with van der Waals surface area (Å²) in [6.45, 7) is -0.565. The zero-order valence-electron chi connectivity index (χ0n) is 15.2. The molecule has 28 heavy (non-hydrogen) atoms. The lowest BCUT2D eigenvalue weighted by Gasteiger charge is -2.47. The number of phenolic OH excluding ortho intramolecular Hbond substituents is 1. The number of hydrogen-bond acceptors (Lipinski definition) is 7. The predicted molar refractivity (Wildman–Crippen MR) is 101 cm³/mol. The third-order valence-corrected chi connectivity index (χ3v) is 5.40. The van der Waals surface area contributed by atoms with E-state index in [-0.39, 0.29) is 5.75 Å². The summed E-state index contributed by atoms with van der Waals surface area (Å²) in [7, 11) is 1.30. The van der Waals surface area contributed by atoms with E-state index in [0.29, 0.717) is 22.6 Å². The molecule has 2 aromatic carbocycles. The molecule has 0 saturated carbocycles.